The lowest BCUT2D eigenvalue weighted by Gasteiger charge is -2.10. The Labute approximate surface area is 95.1 Å². The zero-order chi connectivity index (χ0) is 11.3. The first-order valence-electron chi connectivity index (χ1n) is 4.89. The van der Waals surface area contributed by atoms with E-state index in [-0.39, 0.29) is 6.10 Å². The van der Waals surface area contributed by atoms with Gasteiger partial charge in [0.05, 0.1) is 17.7 Å². The van der Waals surface area contributed by atoms with E-state index in [2.05, 4.69) is 0 Å². The zero-order valence-corrected chi connectivity index (χ0v) is 9.75. The van der Waals surface area contributed by atoms with Crippen molar-refractivity contribution in [3.8, 4) is 5.75 Å². The Morgan fingerprint density at radius 1 is 1.33 bits per heavy atom. The Morgan fingerprint density at radius 3 is 2.67 bits per heavy atom. The van der Waals surface area contributed by atoms with Crippen LogP contribution in [0.15, 0.2) is 18.2 Å². The Kier molecular flexibility index (Phi) is 4.72. The summed E-state index contributed by atoms with van der Waals surface area (Å²) in [5.74, 6) is 0.637. The molecule has 0 aromatic heterocycles. The second-order valence-corrected chi connectivity index (χ2v) is 3.87. The normalized spacial score (nSPS) is 10.7. The van der Waals surface area contributed by atoms with Crippen LogP contribution < -0.4 is 10.5 Å². The van der Waals surface area contributed by atoms with Crippen LogP contribution in [0.4, 0.5) is 5.69 Å². The number of hydrogen-bond donors (Lipinski definition) is 1. The molecule has 0 saturated carbocycles. The van der Waals surface area contributed by atoms with Crippen LogP contribution in [-0.4, -0.2) is 19.3 Å². The molecule has 0 atom stereocenters. The maximum Gasteiger partial charge on any atom is 0.138 e. The average molecular weight is 230 g/mol. The summed E-state index contributed by atoms with van der Waals surface area (Å²) in [6, 6.07) is 5.18. The van der Waals surface area contributed by atoms with Gasteiger partial charge in [-0.25, -0.2) is 0 Å². The number of nitrogens with two attached hydrogens (primary N) is 1. The van der Waals surface area contributed by atoms with Gasteiger partial charge in [0.1, 0.15) is 12.4 Å². The van der Waals surface area contributed by atoms with Crippen molar-refractivity contribution in [1.82, 2.24) is 0 Å². The minimum Gasteiger partial charge on any atom is -0.490 e. The number of benzene rings is 1. The smallest absolute Gasteiger partial charge is 0.138 e. The maximum absolute atomic E-state index is 5.93. The number of nitrogen functional groups attached to an aromatic ring is 1. The standard InChI is InChI=1S/C11H16ClNO2/c1-8(2)14-5-6-15-11-4-3-9(13)7-10(11)12/h3-4,7-8H,5-6,13H2,1-2H3. The molecule has 1 aromatic carbocycles. The monoisotopic (exact) mass is 229 g/mol. The minimum atomic E-state index is 0.218. The fourth-order valence-electron chi connectivity index (χ4n) is 1.07. The van der Waals surface area contributed by atoms with E-state index >= 15 is 0 Å². The topological polar surface area (TPSA) is 44.5 Å². The highest BCUT2D eigenvalue weighted by atomic mass is 35.5. The molecule has 0 aliphatic rings. The number of anilines is 1. The van der Waals surface area contributed by atoms with Crippen LogP contribution >= 0.6 is 11.6 Å². The van der Waals surface area contributed by atoms with Gasteiger partial charge in [-0.05, 0) is 32.0 Å². The molecule has 1 aromatic rings. The lowest BCUT2D eigenvalue weighted by Crippen LogP contribution is -2.11. The number of halogens is 1. The SMILES string of the molecule is CC(C)OCCOc1ccc(N)cc1Cl. The summed E-state index contributed by atoms with van der Waals surface area (Å²) < 4.78 is 10.8. The molecule has 0 fully saturated rings. The van der Waals surface area contributed by atoms with Gasteiger partial charge in [0.25, 0.3) is 0 Å². The van der Waals surface area contributed by atoms with E-state index in [4.69, 9.17) is 26.8 Å². The Hall–Kier alpha value is -0.930. The van der Waals surface area contributed by atoms with Crippen LogP contribution in [0, 0.1) is 0 Å². The average Bonchev–Trinajstić information content (AvgIpc) is 2.14. The predicted molar refractivity (Wildman–Crippen MR) is 62.4 cm³/mol. The van der Waals surface area contributed by atoms with Crippen molar-refractivity contribution in [2.24, 2.45) is 0 Å². The fraction of sp³-hybridized carbons (Fsp3) is 0.455. The van der Waals surface area contributed by atoms with Crippen LogP contribution in [0.2, 0.25) is 5.02 Å². The van der Waals surface area contributed by atoms with Crippen molar-refractivity contribution in [2.45, 2.75) is 20.0 Å². The van der Waals surface area contributed by atoms with Crippen LogP contribution in [0.1, 0.15) is 13.8 Å². The van der Waals surface area contributed by atoms with Gasteiger partial charge in [-0.1, -0.05) is 11.6 Å². The number of hydrogen-bond acceptors (Lipinski definition) is 3. The summed E-state index contributed by atoms with van der Waals surface area (Å²) in [7, 11) is 0. The van der Waals surface area contributed by atoms with Gasteiger partial charge in [0.15, 0.2) is 0 Å². The Bertz CT molecular complexity index is 315. The molecule has 0 spiro atoms. The lowest BCUT2D eigenvalue weighted by molar-refractivity contribution is 0.0553. The molecule has 0 amide bonds. The third kappa shape index (κ3) is 4.40. The van der Waals surface area contributed by atoms with E-state index in [9.17, 15) is 0 Å². The summed E-state index contributed by atoms with van der Waals surface area (Å²) in [6.45, 7) is 5.01. The van der Waals surface area contributed by atoms with E-state index in [1.807, 2.05) is 13.8 Å². The van der Waals surface area contributed by atoms with Crippen LogP contribution in [-0.2, 0) is 4.74 Å². The molecular weight excluding hydrogens is 214 g/mol. The molecule has 2 N–H and O–H groups in total. The molecule has 0 unspecified atom stereocenters. The predicted octanol–water partition coefficient (Wildman–Crippen LogP) is 2.73. The highest BCUT2D eigenvalue weighted by Crippen LogP contribution is 2.26. The van der Waals surface area contributed by atoms with Gasteiger partial charge < -0.3 is 15.2 Å². The van der Waals surface area contributed by atoms with Crippen molar-refractivity contribution in [2.75, 3.05) is 18.9 Å². The van der Waals surface area contributed by atoms with Crippen LogP contribution in [0.3, 0.4) is 0 Å². The molecule has 84 valence electrons. The van der Waals surface area contributed by atoms with Crippen LogP contribution in [0.5, 0.6) is 5.75 Å². The summed E-state index contributed by atoms with van der Waals surface area (Å²) in [5.41, 5.74) is 6.19. The van der Waals surface area contributed by atoms with Crippen LogP contribution in [0.25, 0.3) is 0 Å². The molecule has 0 heterocycles. The minimum absolute atomic E-state index is 0.218. The molecule has 1 rings (SSSR count). The molecule has 3 nitrogen and oxygen atoms in total. The van der Waals surface area contributed by atoms with Gasteiger partial charge in [-0.2, -0.15) is 0 Å². The van der Waals surface area contributed by atoms with E-state index in [1.165, 1.54) is 0 Å². The lowest BCUT2D eigenvalue weighted by atomic mass is 10.3. The highest BCUT2D eigenvalue weighted by Gasteiger charge is 2.01. The van der Waals surface area contributed by atoms with Crippen molar-refractivity contribution in [3.05, 3.63) is 23.2 Å². The summed E-state index contributed by atoms with van der Waals surface area (Å²) in [4.78, 5) is 0. The fourth-order valence-corrected chi connectivity index (χ4v) is 1.31. The van der Waals surface area contributed by atoms with Gasteiger partial charge in [-0.15, -0.1) is 0 Å². The molecule has 0 radical (unpaired) electrons. The summed E-state index contributed by atoms with van der Waals surface area (Å²) in [5, 5.41) is 0.527. The highest BCUT2D eigenvalue weighted by molar-refractivity contribution is 6.32. The molecular formula is C11H16ClNO2. The molecule has 4 heteroatoms. The van der Waals surface area contributed by atoms with Crippen molar-refractivity contribution in [3.63, 3.8) is 0 Å². The third-order valence-electron chi connectivity index (χ3n) is 1.75. The third-order valence-corrected chi connectivity index (χ3v) is 2.04. The largest absolute Gasteiger partial charge is 0.490 e. The van der Waals surface area contributed by atoms with E-state index in [1.54, 1.807) is 18.2 Å². The second-order valence-electron chi connectivity index (χ2n) is 3.46. The molecule has 0 bridgehead atoms. The number of rotatable bonds is 5. The van der Waals surface area contributed by atoms with Crippen molar-refractivity contribution in [1.29, 1.82) is 0 Å². The first-order valence-corrected chi connectivity index (χ1v) is 5.27. The van der Waals surface area contributed by atoms with Gasteiger partial charge in [0, 0.05) is 5.69 Å². The van der Waals surface area contributed by atoms with E-state index in [0.29, 0.717) is 29.7 Å². The maximum atomic E-state index is 5.93. The summed E-state index contributed by atoms with van der Waals surface area (Å²) >= 11 is 5.93. The Morgan fingerprint density at radius 2 is 2.07 bits per heavy atom. The van der Waals surface area contributed by atoms with Gasteiger partial charge in [-0.3, -0.25) is 0 Å². The summed E-state index contributed by atoms with van der Waals surface area (Å²) in [6.07, 6.45) is 0.218. The van der Waals surface area contributed by atoms with Crippen molar-refractivity contribution < 1.29 is 9.47 Å². The van der Waals surface area contributed by atoms with Gasteiger partial charge in [0.2, 0.25) is 0 Å². The van der Waals surface area contributed by atoms with Gasteiger partial charge >= 0.3 is 0 Å². The van der Waals surface area contributed by atoms with Crippen molar-refractivity contribution >= 4 is 17.3 Å². The van der Waals surface area contributed by atoms with E-state index in [0.717, 1.165) is 0 Å². The van der Waals surface area contributed by atoms with E-state index < -0.39 is 0 Å². The molecule has 15 heavy (non-hydrogen) atoms. The number of ether oxygens (including phenoxy) is 2. The molecule has 0 aliphatic heterocycles. The first-order chi connectivity index (χ1) is 7.09. The second kappa shape index (κ2) is 5.83. The zero-order valence-electron chi connectivity index (χ0n) is 9.00. The molecule has 0 saturated heterocycles. The quantitative estimate of drug-likeness (QED) is 0.624. The molecule has 0 aliphatic carbocycles. The Balaban J connectivity index is 2.37. The first kappa shape index (κ1) is 12.1.